The second-order valence-corrected chi connectivity index (χ2v) is 6.61. The third kappa shape index (κ3) is 4.32. The molecule has 0 aromatic carbocycles. The first kappa shape index (κ1) is 20.2. The Bertz CT molecular complexity index is 1110. The van der Waals surface area contributed by atoms with Gasteiger partial charge in [-0.3, -0.25) is 4.79 Å². The molecule has 11 nitrogen and oxygen atoms in total. The van der Waals surface area contributed by atoms with E-state index in [1.165, 1.54) is 12.3 Å². The second-order valence-electron chi connectivity index (χ2n) is 5.75. The van der Waals surface area contributed by atoms with Gasteiger partial charge in [0.05, 0.1) is 12.0 Å². The number of ether oxygens (including phenoxy) is 2. The normalized spacial score (nSPS) is 10.7. The Morgan fingerprint density at radius 1 is 1.21 bits per heavy atom. The summed E-state index contributed by atoms with van der Waals surface area (Å²) < 4.78 is 15.6. The lowest BCUT2D eigenvalue weighted by molar-refractivity contribution is -0.114. The van der Waals surface area contributed by atoms with Crippen LogP contribution >= 0.6 is 11.3 Å². The monoisotopic (exact) mass is 419 g/mol. The van der Waals surface area contributed by atoms with Gasteiger partial charge in [0.25, 0.3) is 0 Å². The minimum absolute atomic E-state index is 0.00237. The Morgan fingerprint density at radius 3 is 2.66 bits per heavy atom. The van der Waals surface area contributed by atoms with E-state index >= 15 is 0 Å². The fourth-order valence-corrected chi connectivity index (χ4v) is 3.20. The first-order chi connectivity index (χ1) is 13.8. The smallest absolute Gasteiger partial charge is 0.358 e. The summed E-state index contributed by atoms with van der Waals surface area (Å²) in [5.41, 5.74) is 6.25. The number of nitrogens with two attached hydrogens (primary N) is 1. The van der Waals surface area contributed by atoms with Gasteiger partial charge in [0.15, 0.2) is 23.3 Å². The predicted molar refractivity (Wildman–Crippen MR) is 102 cm³/mol. The van der Waals surface area contributed by atoms with Crippen LogP contribution in [0, 0.1) is 6.92 Å². The van der Waals surface area contributed by atoms with E-state index in [2.05, 4.69) is 20.3 Å². The van der Waals surface area contributed by atoms with Crippen LogP contribution in [0.5, 0.6) is 0 Å². The largest absolute Gasteiger partial charge is 0.462 e. The number of anilines is 2. The highest BCUT2D eigenvalue weighted by Gasteiger charge is 2.24. The highest BCUT2D eigenvalue weighted by atomic mass is 32.1. The number of aryl methyl sites for hydroxylation is 1. The van der Waals surface area contributed by atoms with Crippen molar-refractivity contribution in [3.63, 3.8) is 0 Å². The van der Waals surface area contributed by atoms with Crippen molar-refractivity contribution in [1.29, 1.82) is 0 Å². The van der Waals surface area contributed by atoms with Crippen LogP contribution in [0.15, 0.2) is 9.80 Å². The van der Waals surface area contributed by atoms with Gasteiger partial charge in [-0.15, -0.1) is 11.3 Å². The Kier molecular flexibility index (Phi) is 5.73. The standard InChI is InChI=1S/C17H17N5O6S/c1-4-26-16(25)11-7(2)28-14-12(11)13(18)21-10(22-14)5-27-15(24)9-6-29-17(20-9)19-8(3)23/h6H,4-5H2,1-3H3,(H2,18,21,22)(H,19,20,23). The molecule has 0 aliphatic carbocycles. The Hall–Kier alpha value is -3.54. The van der Waals surface area contributed by atoms with Gasteiger partial charge < -0.3 is 24.9 Å². The molecule has 0 radical (unpaired) electrons. The summed E-state index contributed by atoms with van der Waals surface area (Å²) in [6.45, 7) is 4.51. The van der Waals surface area contributed by atoms with Gasteiger partial charge in [-0.2, -0.15) is 4.98 Å². The molecule has 0 aliphatic rings. The number of esters is 2. The molecule has 3 heterocycles. The predicted octanol–water partition coefficient (Wildman–Crippen LogP) is 2.06. The van der Waals surface area contributed by atoms with Gasteiger partial charge in [-0.1, -0.05) is 0 Å². The Balaban J connectivity index is 1.77. The third-order valence-corrected chi connectivity index (χ3v) is 4.37. The number of nitrogens with one attached hydrogen (secondary N) is 1. The summed E-state index contributed by atoms with van der Waals surface area (Å²) in [7, 11) is 0. The molecule has 3 aromatic heterocycles. The molecular formula is C17H17N5O6S. The molecule has 3 rings (SSSR count). The maximum Gasteiger partial charge on any atom is 0.358 e. The molecule has 0 spiro atoms. The molecule has 3 aromatic rings. The first-order valence-corrected chi connectivity index (χ1v) is 9.31. The van der Waals surface area contributed by atoms with Gasteiger partial charge in [0.2, 0.25) is 11.6 Å². The van der Waals surface area contributed by atoms with E-state index in [-0.39, 0.29) is 58.3 Å². The molecule has 0 atom stereocenters. The number of nitrogen functional groups attached to an aromatic ring is 1. The SMILES string of the molecule is CCOC(=O)c1c(C)oc2nc(COC(=O)c3csc(NC(C)=O)n3)nc(N)c12. The quantitative estimate of drug-likeness (QED) is 0.566. The number of carbonyl (C=O) groups is 3. The molecule has 0 bridgehead atoms. The summed E-state index contributed by atoms with van der Waals surface area (Å²) in [4.78, 5) is 47.5. The summed E-state index contributed by atoms with van der Waals surface area (Å²) >= 11 is 1.09. The molecule has 0 fully saturated rings. The number of fused-ring (bicyclic) bond motifs is 1. The summed E-state index contributed by atoms with van der Waals surface area (Å²) in [6.07, 6.45) is 0. The van der Waals surface area contributed by atoms with Crippen LogP contribution in [0.2, 0.25) is 0 Å². The van der Waals surface area contributed by atoms with Crippen LogP contribution in [0.25, 0.3) is 11.1 Å². The highest BCUT2D eigenvalue weighted by molar-refractivity contribution is 7.14. The van der Waals surface area contributed by atoms with Crippen molar-refractivity contribution in [2.75, 3.05) is 17.7 Å². The van der Waals surface area contributed by atoms with Crippen molar-refractivity contribution in [3.05, 3.63) is 28.2 Å². The molecule has 12 heteroatoms. The average molecular weight is 419 g/mol. The van der Waals surface area contributed by atoms with Crippen LogP contribution in [0.1, 0.15) is 46.3 Å². The van der Waals surface area contributed by atoms with E-state index in [0.29, 0.717) is 5.76 Å². The minimum atomic E-state index is -0.719. The minimum Gasteiger partial charge on any atom is -0.462 e. The van der Waals surface area contributed by atoms with Crippen LogP contribution in [0.3, 0.4) is 0 Å². The molecule has 0 aliphatic heterocycles. The lowest BCUT2D eigenvalue weighted by atomic mass is 10.2. The van der Waals surface area contributed by atoms with Crippen LogP contribution in [0.4, 0.5) is 10.9 Å². The van der Waals surface area contributed by atoms with Gasteiger partial charge in [-0.25, -0.2) is 19.6 Å². The van der Waals surface area contributed by atoms with Crippen LogP contribution in [-0.2, 0) is 20.9 Å². The second kappa shape index (κ2) is 8.22. The zero-order chi connectivity index (χ0) is 21.1. The molecule has 0 unspecified atom stereocenters. The summed E-state index contributed by atoms with van der Waals surface area (Å²) in [6, 6.07) is 0. The van der Waals surface area contributed by atoms with Gasteiger partial charge in [0, 0.05) is 12.3 Å². The fourth-order valence-electron chi connectivity index (χ4n) is 2.48. The van der Waals surface area contributed by atoms with Crippen LogP contribution < -0.4 is 11.1 Å². The molecule has 1 amide bonds. The Morgan fingerprint density at radius 2 is 1.97 bits per heavy atom. The first-order valence-electron chi connectivity index (χ1n) is 8.43. The van der Waals surface area contributed by atoms with E-state index in [1.807, 2.05) is 0 Å². The number of hydrogen-bond acceptors (Lipinski definition) is 11. The summed E-state index contributed by atoms with van der Waals surface area (Å²) in [5, 5.41) is 4.46. The van der Waals surface area contributed by atoms with Crippen molar-refractivity contribution in [2.45, 2.75) is 27.4 Å². The Labute approximate surface area is 168 Å². The van der Waals surface area contributed by atoms with Gasteiger partial charge >= 0.3 is 11.9 Å². The highest BCUT2D eigenvalue weighted by Crippen LogP contribution is 2.29. The van der Waals surface area contributed by atoms with E-state index < -0.39 is 11.9 Å². The van der Waals surface area contributed by atoms with E-state index in [0.717, 1.165) is 11.3 Å². The summed E-state index contributed by atoms with van der Waals surface area (Å²) in [5.74, 6) is -1.22. The van der Waals surface area contributed by atoms with Crippen molar-refractivity contribution in [3.8, 4) is 0 Å². The van der Waals surface area contributed by atoms with E-state index in [1.54, 1.807) is 13.8 Å². The van der Waals surface area contributed by atoms with Crippen molar-refractivity contribution in [2.24, 2.45) is 0 Å². The van der Waals surface area contributed by atoms with E-state index in [4.69, 9.17) is 19.6 Å². The number of amides is 1. The van der Waals surface area contributed by atoms with E-state index in [9.17, 15) is 14.4 Å². The number of thiazole rings is 1. The van der Waals surface area contributed by atoms with Crippen LogP contribution in [-0.4, -0.2) is 39.4 Å². The topological polar surface area (TPSA) is 160 Å². The van der Waals surface area contributed by atoms with Crippen molar-refractivity contribution >= 4 is 51.2 Å². The van der Waals surface area contributed by atoms with Gasteiger partial charge in [-0.05, 0) is 13.8 Å². The number of aromatic nitrogens is 3. The third-order valence-electron chi connectivity index (χ3n) is 3.61. The molecular weight excluding hydrogens is 402 g/mol. The van der Waals surface area contributed by atoms with Crippen molar-refractivity contribution in [1.82, 2.24) is 15.0 Å². The number of furan rings is 1. The maximum atomic E-state index is 12.1. The number of rotatable bonds is 6. The van der Waals surface area contributed by atoms with Crippen molar-refractivity contribution < 1.29 is 28.3 Å². The number of hydrogen-bond donors (Lipinski definition) is 2. The van der Waals surface area contributed by atoms with Gasteiger partial charge in [0.1, 0.15) is 17.1 Å². The lowest BCUT2D eigenvalue weighted by Gasteiger charge is -2.04. The zero-order valence-electron chi connectivity index (χ0n) is 15.8. The molecule has 29 heavy (non-hydrogen) atoms. The maximum absolute atomic E-state index is 12.1. The zero-order valence-corrected chi connectivity index (χ0v) is 16.6. The molecule has 152 valence electrons. The lowest BCUT2D eigenvalue weighted by Crippen LogP contribution is -2.10. The molecule has 0 saturated carbocycles. The fraction of sp³-hybridized carbons (Fsp3) is 0.294. The number of carbonyl (C=O) groups excluding carboxylic acids is 3. The molecule has 3 N–H and O–H groups in total. The number of nitrogens with zero attached hydrogens (tertiary/aromatic N) is 3. The molecule has 0 saturated heterocycles. The average Bonchev–Trinajstić information content (AvgIpc) is 3.23.